The Labute approximate surface area is 136 Å². The van der Waals surface area contributed by atoms with Crippen molar-refractivity contribution in [1.82, 2.24) is 14.7 Å². The van der Waals surface area contributed by atoms with E-state index in [1.54, 1.807) is 17.8 Å². The molecule has 1 aromatic carbocycles. The zero-order chi connectivity index (χ0) is 16.2. The van der Waals surface area contributed by atoms with Gasteiger partial charge in [-0.25, -0.2) is 4.68 Å². The molecule has 5 nitrogen and oxygen atoms in total. The Balaban J connectivity index is 1.63. The van der Waals surface area contributed by atoms with E-state index < -0.39 is 0 Å². The number of rotatable bonds is 5. The second-order valence-electron chi connectivity index (χ2n) is 6.26. The van der Waals surface area contributed by atoms with Crippen molar-refractivity contribution in [1.29, 1.82) is 0 Å². The number of aliphatic hydroxyl groups is 1. The van der Waals surface area contributed by atoms with Crippen LogP contribution in [0.2, 0.25) is 0 Å². The van der Waals surface area contributed by atoms with Crippen LogP contribution < -0.4 is 0 Å². The molecular formula is C18H23N3O2. The molecule has 0 radical (unpaired) electrons. The Hall–Kier alpha value is -2.14. The van der Waals surface area contributed by atoms with E-state index in [9.17, 15) is 9.90 Å². The highest BCUT2D eigenvalue weighted by atomic mass is 16.3. The summed E-state index contributed by atoms with van der Waals surface area (Å²) in [6.07, 6.45) is 6.38. The maximum atomic E-state index is 12.5. The molecule has 2 aromatic rings. The average molecular weight is 313 g/mol. The molecule has 1 amide bonds. The number of carbonyl (C=O) groups excluding carboxylic acids is 1. The standard InChI is InChI=1S/C18H23N3O2/c1-14(22)12-17-4-2-10-20(17)18(23)13-15-5-7-16(8-6-15)21-11-3-9-19-21/h3,5-9,11,14,17,22H,2,4,10,12-13H2,1H3. The van der Waals surface area contributed by atoms with Gasteiger partial charge in [0.2, 0.25) is 5.91 Å². The summed E-state index contributed by atoms with van der Waals surface area (Å²) in [5.74, 6) is 0.153. The van der Waals surface area contributed by atoms with Gasteiger partial charge in [-0.15, -0.1) is 0 Å². The first kappa shape index (κ1) is 15.7. The number of amides is 1. The molecule has 3 rings (SSSR count). The first-order valence-corrected chi connectivity index (χ1v) is 8.20. The Kier molecular flexibility index (Phi) is 4.76. The smallest absolute Gasteiger partial charge is 0.227 e. The molecule has 122 valence electrons. The minimum absolute atomic E-state index is 0.153. The van der Waals surface area contributed by atoms with Gasteiger partial charge in [0.25, 0.3) is 0 Å². The second kappa shape index (κ2) is 6.96. The minimum atomic E-state index is -0.359. The molecule has 1 saturated heterocycles. The van der Waals surface area contributed by atoms with Gasteiger partial charge in [0.05, 0.1) is 18.2 Å². The average Bonchev–Trinajstić information content (AvgIpc) is 3.18. The molecular weight excluding hydrogens is 290 g/mol. The largest absolute Gasteiger partial charge is 0.393 e. The van der Waals surface area contributed by atoms with Crippen molar-refractivity contribution in [3.8, 4) is 5.69 Å². The molecule has 1 aromatic heterocycles. The van der Waals surface area contributed by atoms with Gasteiger partial charge in [-0.2, -0.15) is 5.10 Å². The maximum absolute atomic E-state index is 12.5. The highest BCUT2D eigenvalue weighted by molar-refractivity contribution is 5.79. The molecule has 0 aliphatic carbocycles. The third-order valence-corrected chi connectivity index (χ3v) is 4.37. The molecule has 2 atom stereocenters. The topological polar surface area (TPSA) is 58.4 Å². The predicted molar refractivity (Wildman–Crippen MR) is 88.3 cm³/mol. The first-order valence-electron chi connectivity index (χ1n) is 8.20. The van der Waals surface area contributed by atoms with Crippen LogP contribution in [-0.4, -0.2) is 44.4 Å². The van der Waals surface area contributed by atoms with Crippen LogP contribution in [0.1, 0.15) is 31.7 Å². The molecule has 2 heterocycles. The summed E-state index contributed by atoms with van der Waals surface area (Å²) < 4.78 is 1.80. The lowest BCUT2D eigenvalue weighted by atomic mass is 10.1. The lowest BCUT2D eigenvalue weighted by Gasteiger charge is -2.25. The monoisotopic (exact) mass is 313 g/mol. The minimum Gasteiger partial charge on any atom is -0.393 e. The van der Waals surface area contributed by atoms with E-state index in [0.717, 1.165) is 30.6 Å². The lowest BCUT2D eigenvalue weighted by Crippen LogP contribution is -2.38. The van der Waals surface area contributed by atoms with Crippen LogP contribution in [0.15, 0.2) is 42.7 Å². The van der Waals surface area contributed by atoms with E-state index in [4.69, 9.17) is 0 Å². The summed E-state index contributed by atoms with van der Waals surface area (Å²) in [5.41, 5.74) is 1.99. The van der Waals surface area contributed by atoms with E-state index in [1.165, 1.54) is 0 Å². The van der Waals surface area contributed by atoms with Gasteiger partial charge in [-0.3, -0.25) is 4.79 Å². The Bertz CT molecular complexity index is 635. The number of hydrogen-bond acceptors (Lipinski definition) is 3. The molecule has 5 heteroatoms. The van der Waals surface area contributed by atoms with Crippen LogP contribution in [0.5, 0.6) is 0 Å². The van der Waals surface area contributed by atoms with E-state index >= 15 is 0 Å². The molecule has 0 saturated carbocycles. The Morgan fingerprint density at radius 2 is 2.17 bits per heavy atom. The fraction of sp³-hybridized carbons (Fsp3) is 0.444. The molecule has 23 heavy (non-hydrogen) atoms. The van der Waals surface area contributed by atoms with Crippen LogP contribution in [0.25, 0.3) is 5.69 Å². The van der Waals surface area contributed by atoms with E-state index in [-0.39, 0.29) is 18.1 Å². The number of aromatic nitrogens is 2. The normalized spacial score (nSPS) is 19.0. The van der Waals surface area contributed by atoms with Gasteiger partial charge in [-0.1, -0.05) is 12.1 Å². The molecule has 1 aliphatic heterocycles. The summed E-state index contributed by atoms with van der Waals surface area (Å²) in [6, 6.07) is 9.99. The summed E-state index contributed by atoms with van der Waals surface area (Å²) in [7, 11) is 0. The molecule has 2 unspecified atom stereocenters. The third kappa shape index (κ3) is 3.79. The van der Waals surface area contributed by atoms with Crippen molar-refractivity contribution >= 4 is 5.91 Å². The van der Waals surface area contributed by atoms with Gasteiger partial charge in [0.1, 0.15) is 0 Å². The number of likely N-dealkylation sites (tertiary alicyclic amines) is 1. The Morgan fingerprint density at radius 1 is 1.39 bits per heavy atom. The zero-order valence-electron chi connectivity index (χ0n) is 13.4. The van der Waals surface area contributed by atoms with Crippen LogP contribution >= 0.6 is 0 Å². The SMILES string of the molecule is CC(O)CC1CCCN1C(=O)Cc1ccc(-n2cccn2)cc1. The van der Waals surface area contributed by atoms with Gasteiger partial charge >= 0.3 is 0 Å². The van der Waals surface area contributed by atoms with E-state index in [1.807, 2.05) is 41.4 Å². The molecule has 0 bridgehead atoms. The van der Waals surface area contributed by atoms with Crippen molar-refractivity contribution < 1.29 is 9.90 Å². The van der Waals surface area contributed by atoms with E-state index in [2.05, 4.69) is 5.10 Å². The number of nitrogens with zero attached hydrogens (tertiary/aromatic N) is 3. The maximum Gasteiger partial charge on any atom is 0.227 e. The van der Waals surface area contributed by atoms with Gasteiger partial charge < -0.3 is 10.0 Å². The third-order valence-electron chi connectivity index (χ3n) is 4.37. The quantitative estimate of drug-likeness (QED) is 0.920. The molecule has 1 aliphatic rings. The molecule has 1 fully saturated rings. The van der Waals surface area contributed by atoms with Gasteiger partial charge in [-0.05, 0) is 49.9 Å². The Morgan fingerprint density at radius 3 is 2.83 bits per heavy atom. The summed E-state index contributed by atoms with van der Waals surface area (Å²) >= 11 is 0. The van der Waals surface area contributed by atoms with Crippen molar-refractivity contribution in [2.24, 2.45) is 0 Å². The number of aliphatic hydroxyl groups excluding tert-OH is 1. The molecule has 0 spiro atoms. The van der Waals surface area contributed by atoms with Crippen molar-refractivity contribution in [3.63, 3.8) is 0 Å². The lowest BCUT2D eigenvalue weighted by molar-refractivity contribution is -0.131. The van der Waals surface area contributed by atoms with Crippen LogP contribution in [-0.2, 0) is 11.2 Å². The molecule has 1 N–H and O–H groups in total. The fourth-order valence-corrected chi connectivity index (χ4v) is 3.27. The first-order chi connectivity index (χ1) is 11.1. The number of carbonyl (C=O) groups is 1. The zero-order valence-corrected chi connectivity index (χ0v) is 13.4. The fourth-order valence-electron chi connectivity index (χ4n) is 3.27. The summed E-state index contributed by atoms with van der Waals surface area (Å²) in [4.78, 5) is 14.5. The van der Waals surface area contributed by atoms with Gasteiger partial charge in [0, 0.05) is 25.0 Å². The van der Waals surface area contributed by atoms with Crippen LogP contribution in [0, 0.1) is 0 Å². The van der Waals surface area contributed by atoms with Crippen LogP contribution in [0.3, 0.4) is 0 Å². The van der Waals surface area contributed by atoms with Crippen molar-refractivity contribution in [3.05, 3.63) is 48.3 Å². The highest BCUT2D eigenvalue weighted by Gasteiger charge is 2.29. The predicted octanol–water partition coefficient (Wildman–Crippen LogP) is 2.18. The summed E-state index contributed by atoms with van der Waals surface area (Å²) in [5, 5.41) is 13.8. The van der Waals surface area contributed by atoms with Gasteiger partial charge in [0.15, 0.2) is 0 Å². The number of hydrogen-bond donors (Lipinski definition) is 1. The highest BCUT2D eigenvalue weighted by Crippen LogP contribution is 2.22. The van der Waals surface area contributed by atoms with E-state index in [0.29, 0.717) is 12.8 Å². The van der Waals surface area contributed by atoms with Crippen LogP contribution in [0.4, 0.5) is 0 Å². The van der Waals surface area contributed by atoms with Crippen molar-refractivity contribution in [2.45, 2.75) is 44.8 Å². The number of benzene rings is 1. The van der Waals surface area contributed by atoms with Crippen molar-refractivity contribution in [2.75, 3.05) is 6.54 Å². The summed E-state index contributed by atoms with van der Waals surface area (Å²) in [6.45, 7) is 2.59. The second-order valence-corrected chi connectivity index (χ2v) is 6.26.